The van der Waals surface area contributed by atoms with Gasteiger partial charge in [-0.3, -0.25) is 0 Å². The molecule has 0 bridgehead atoms. The van der Waals surface area contributed by atoms with E-state index in [4.69, 9.17) is 4.74 Å². The lowest BCUT2D eigenvalue weighted by atomic mass is 10.1. The monoisotopic (exact) mass is 381 g/mol. The van der Waals surface area contributed by atoms with Gasteiger partial charge >= 0.3 is 0 Å². The maximum Gasteiger partial charge on any atom is 0.252 e. The van der Waals surface area contributed by atoms with Crippen LogP contribution in [-0.2, 0) is 21.2 Å². The van der Waals surface area contributed by atoms with Gasteiger partial charge in [0.2, 0.25) is 0 Å². The number of hydrogen-bond acceptors (Lipinski definition) is 4. The van der Waals surface area contributed by atoms with Crippen molar-refractivity contribution in [3.05, 3.63) is 17.0 Å². The Balaban J connectivity index is 2.28. The number of ether oxygens (including phenoxy) is 1. The zero-order valence-corrected chi connectivity index (χ0v) is 15.1. The number of hydrogen-bond donors (Lipinski definition) is 0. The van der Waals surface area contributed by atoms with Crippen molar-refractivity contribution in [3.63, 3.8) is 0 Å². The van der Waals surface area contributed by atoms with Crippen LogP contribution in [0.2, 0.25) is 0 Å². The Bertz CT molecular complexity index is 568. The lowest BCUT2D eigenvalue weighted by Gasteiger charge is -2.41. The van der Waals surface area contributed by atoms with E-state index in [0.717, 1.165) is 11.3 Å². The molecule has 0 radical (unpaired) electrons. The molecule has 1 saturated heterocycles. The number of sulfonamides is 1. The minimum Gasteiger partial charge on any atom is -0.369 e. The number of nitrogens with zero attached hydrogens (tertiary/aromatic N) is 1. The fraction of sp³-hybridized carbons (Fsp3) is 0.692. The van der Waals surface area contributed by atoms with Gasteiger partial charge in [-0.2, -0.15) is 4.31 Å². The SMILES string of the molecule is CCc1ccc(S(=O)(=O)N2CC(CBr)OC(C)(C)C2)s1. The number of rotatable bonds is 4. The zero-order chi connectivity index (χ0) is 15.0. The third-order valence-corrected chi connectivity index (χ3v) is 7.43. The van der Waals surface area contributed by atoms with Crippen molar-refractivity contribution in [1.82, 2.24) is 4.31 Å². The van der Waals surface area contributed by atoms with Gasteiger partial charge in [-0.05, 0) is 32.4 Å². The van der Waals surface area contributed by atoms with Gasteiger partial charge in [0.25, 0.3) is 10.0 Å². The molecule has 0 spiro atoms. The van der Waals surface area contributed by atoms with Crippen LogP contribution in [0.15, 0.2) is 16.3 Å². The van der Waals surface area contributed by atoms with E-state index in [1.54, 1.807) is 10.4 Å². The van der Waals surface area contributed by atoms with E-state index in [2.05, 4.69) is 15.9 Å². The highest BCUT2D eigenvalue weighted by molar-refractivity contribution is 9.09. The molecule has 1 aromatic heterocycles. The molecule has 0 amide bonds. The molecule has 4 nitrogen and oxygen atoms in total. The number of aryl methyl sites for hydroxylation is 1. The van der Waals surface area contributed by atoms with Crippen molar-refractivity contribution in [2.75, 3.05) is 18.4 Å². The fourth-order valence-corrected chi connectivity index (χ4v) is 5.73. The van der Waals surface area contributed by atoms with E-state index in [0.29, 0.717) is 22.6 Å². The summed E-state index contributed by atoms with van der Waals surface area (Å²) < 4.78 is 33.3. The van der Waals surface area contributed by atoms with Gasteiger partial charge in [-0.25, -0.2) is 8.42 Å². The van der Waals surface area contributed by atoms with Crippen molar-refractivity contribution < 1.29 is 13.2 Å². The number of halogens is 1. The second kappa shape index (κ2) is 6.04. The van der Waals surface area contributed by atoms with Crippen LogP contribution >= 0.6 is 27.3 Å². The Kier molecular flexibility index (Phi) is 4.96. The largest absolute Gasteiger partial charge is 0.369 e. The standard InChI is InChI=1S/C13H20BrNO3S2/c1-4-11-5-6-12(19-11)20(16,17)15-8-10(7-14)18-13(2,3)9-15/h5-6,10H,4,7-9H2,1-3H3. The summed E-state index contributed by atoms with van der Waals surface area (Å²) in [6.07, 6.45) is 0.748. The lowest BCUT2D eigenvalue weighted by molar-refractivity contribution is -0.106. The average Bonchev–Trinajstić information content (AvgIpc) is 2.86. The molecule has 1 aliphatic heterocycles. The molecular formula is C13H20BrNO3S2. The Morgan fingerprint density at radius 2 is 2.20 bits per heavy atom. The first-order valence-electron chi connectivity index (χ1n) is 6.61. The first kappa shape index (κ1) is 16.4. The highest BCUT2D eigenvalue weighted by Gasteiger charge is 2.39. The molecule has 0 saturated carbocycles. The Labute approximate surface area is 133 Å². The summed E-state index contributed by atoms with van der Waals surface area (Å²) in [6.45, 7) is 6.67. The van der Waals surface area contributed by atoms with Crippen molar-refractivity contribution in [3.8, 4) is 0 Å². The van der Waals surface area contributed by atoms with E-state index >= 15 is 0 Å². The van der Waals surface area contributed by atoms with Crippen LogP contribution in [-0.4, -0.2) is 42.8 Å². The third-order valence-electron chi connectivity index (χ3n) is 3.20. The van der Waals surface area contributed by atoms with Gasteiger partial charge < -0.3 is 4.74 Å². The zero-order valence-electron chi connectivity index (χ0n) is 11.9. The summed E-state index contributed by atoms with van der Waals surface area (Å²) in [6, 6.07) is 3.61. The van der Waals surface area contributed by atoms with E-state index in [1.807, 2.05) is 26.8 Å². The predicted molar refractivity (Wildman–Crippen MR) is 85.2 cm³/mol. The maximum absolute atomic E-state index is 12.7. The Morgan fingerprint density at radius 3 is 2.75 bits per heavy atom. The molecule has 1 aromatic rings. The molecule has 114 valence electrons. The molecule has 0 N–H and O–H groups in total. The number of morpholine rings is 1. The van der Waals surface area contributed by atoms with Crippen LogP contribution in [0.5, 0.6) is 0 Å². The Hall–Kier alpha value is 0.0500. The van der Waals surface area contributed by atoms with E-state index in [1.165, 1.54) is 11.3 Å². The van der Waals surface area contributed by atoms with E-state index in [-0.39, 0.29) is 6.10 Å². The second-order valence-electron chi connectivity index (χ2n) is 5.53. The maximum atomic E-state index is 12.7. The first-order chi connectivity index (χ1) is 9.28. The normalized spacial score (nSPS) is 23.9. The molecule has 1 atom stereocenters. The van der Waals surface area contributed by atoms with Crippen LogP contribution in [0.4, 0.5) is 0 Å². The average molecular weight is 382 g/mol. The quantitative estimate of drug-likeness (QED) is 0.753. The van der Waals surface area contributed by atoms with Gasteiger partial charge in [-0.1, -0.05) is 22.9 Å². The highest BCUT2D eigenvalue weighted by Crippen LogP contribution is 2.30. The molecule has 2 rings (SSSR count). The van der Waals surface area contributed by atoms with Gasteiger partial charge in [0.05, 0.1) is 11.7 Å². The van der Waals surface area contributed by atoms with Gasteiger partial charge in [0.15, 0.2) is 0 Å². The first-order valence-corrected chi connectivity index (χ1v) is 9.99. The van der Waals surface area contributed by atoms with Crippen molar-refractivity contribution >= 4 is 37.3 Å². The molecule has 2 heterocycles. The summed E-state index contributed by atoms with van der Waals surface area (Å²) >= 11 is 4.74. The van der Waals surface area contributed by atoms with Crippen LogP contribution in [0.25, 0.3) is 0 Å². The number of thiophene rings is 1. The molecule has 0 aromatic carbocycles. The summed E-state index contributed by atoms with van der Waals surface area (Å²) in [5, 5.41) is 0.632. The van der Waals surface area contributed by atoms with Gasteiger partial charge in [-0.15, -0.1) is 11.3 Å². The highest BCUT2D eigenvalue weighted by atomic mass is 79.9. The predicted octanol–water partition coefficient (Wildman–Crippen LogP) is 2.87. The van der Waals surface area contributed by atoms with E-state index < -0.39 is 15.6 Å². The van der Waals surface area contributed by atoms with Crippen molar-refractivity contribution in [2.45, 2.75) is 43.1 Å². The van der Waals surface area contributed by atoms with Crippen molar-refractivity contribution in [1.29, 1.82) is 0 Å². The summed E-state index contributed by atoms with van der Waals surface area (Å²) in [5.74, 6) is 0. The fourth-order valence-electron chi connectivity index (χ4n) is 2.32. The molecule has 1 fully saturated rings. The minimum atomic E-state index is -3.41. The third kappa shape index (κ3) is 3.44. The van der Waals surface area contributed by atoms with Crippen LogP contribution in [0, 0.1) is 0 Å². The van der Waals surface area contributed by atoms with Crippen LogP contribution < -0.4 is 0 Å². The molecular weight excluding hydrogens is 362 g/mol. The topological polar surface area (TPSA) is 46.6 Å². The summed E-state index contributed by atoms with van der Waals surface area (Å²) in [4.78, 5) is 1.09. The van der Waals surface area contributed by atoms with E-state index in [9.17, 15) is 8.42 Å². The molecule has 20 heavy (non-hydrogen) atoms. The van der Waals surface area contributed by atoms with Crippen molar-refractivity contribution in [2.24, 2.45) is 0 Å². The second-order valence-corrected chi connectivity index (χ2v) is 9.51. The van der Waals surface area contributed by atoms with Crippen LogP contribution in [0.1, 0.15) is 25.6 Å². The Morgan fingerprint density at radius 1 is 1.50 bits per heavy atom. The minimum absolute atomic E-state index is 0.112. The summed E-state index contributed by atoms with van der Waals surface area (Å²) in [7, 11) is -3.41. The summed E-state index contributed by atoms with van der Waals surface area (Å²) in [5.41, 5.74) is -0.464. The van der Waals surface area contributed by atoms with Gasteiger partial charge in [0, 0.05) is 23.3 Å². The number of alkyl halides is 1. The molecule has 0 aliphatic carbocycles. The molecule has 7 heteroatoms. The molecule has 1 aliphatic rings. The molecule has 1 unspecified atom stereocenters. The van der Waals surface area contributed by atoms with Gasteiger partial charge in [0.1, 0.15) is 4.21 Å². The lowest BCUT2D eigenvalue weighted by Crippen LogP contribution is -2.54. The van der Waals surface area contributed by atoms with Crippen LogP contribution in [0.3, 0.4) is 0 Å². The smallest absolute Gasteiger partial charge is 0.252 e.